The third-order valence-corrected chi connectivity index (χ3v) is 7.33. The lowest BCUT2D eigenvalue weighted by molar-refractivity contribution is -0.161. The Labute approximate surface area is 288 Å². The van der Waals surface area contributed by atoms with Gasteiger partial charge in [-0.25, -0.2) is 4.57 Å². The van der Waals surface area contributed by atoms with E-state index in [1.54, 1.807) is 30.4 Å². The second-order valence-corrected chi connectivity index (χ2v) is 13.2. The van der Waals surface area contributed by atoms with Crippen LogP contribution in [-0.4, -0.2) is 63.5 Å². The van der Waals surface area contributed by atoms with E-state index in [0.717, 1.165) is 25.7 Å². The molecule has 4 N–H and O–H groups in total. The molecule has 0 saturated carbocycles. The maximum atomic E-state index is 12.3. The molecule has 10 nitrogen and oxygen atoms in total. The highest BCUT2D eigenvalue weighted by Crippen LogP contribution is 2.35. The summed E-state index contributed by atoms with van der Waals surface area (Å²) < 4.78 is 26.1. The molecule has 274 valence electrons. The molecular weight excluding hydrogens is 635 g/mol. The van der Waals surface area contributed by atoms with Crippen molar-refractivity contribution >= 4 is 19.8 Å². The van der Waals surface area contributed by atoms with Crippen LogP contribution in [0.25, 0.3) is 0 Å². The number of aliphatic hydroxyl groups is 2. The monoisotopic (exact) mass is 696 g/mol. The maximum Gasteiger partial charge on any atom is 0.469 e. The molecular formula is C37H61O10P. The summed E-state index contributed by atoms with van der Waals surface area (Å²) >= 11 is 0. The van der Waals surface area contributed by atoms with Gasteiger partial charge in [-0.2, -0.15) is 0 Å². The first-order valence-corrected chi connectivity index (χ1v) is 18.9. The molecule has 0 heterocycles. The van der Waals surface area contributed by atoms with E-state index in [9.17, 15) is 24.4 Å². The molecule has 48 heavy (non-hydrogen) atoms. The van der Waals surface area contributed by atoms with Gasteiger partial charge in [0.1, 0.15) is 6.61 Å². The lowest BCUT2D eigenvalue weighted by atomic mass is 10.0. The van der Waals surface area contributed by atoms with Crippen LogP contribution < -0.4 is 0 Å². The van der Waals surface area contributed by atoms with Crippen LogP contribution in [-0.2, 0) is 28.2 Å². The number of unbranched alkanes of at least 4 members (excludes halogenated alkanes) is 6. The molecule has 0 aliphatic carbocycles. The molecule has 0 bridgehead atoms. The second-order valence-electron chi connectivity index (χ2n) is 12.0. The van der Waals surface area contributed by atoms with Gasteiger partial charge in [0.25, 0.3) is 0 Å². The van der Waals surface area contributed by atoms with Crippen molar-refractivity contribution in [3.05, 3.63) is 72.9 Å². The fraction of sp³-hybridized carbons (Fsp3) is 0.622. The summed E-state index contributed by atoms with van der Waals surface area (Å²) in [7, 11) is -4.80. The first kappa shape index (κ1) is 45.4. The molecule has 0 rings (SSSR count). The van der Waals surface area contributed by atoms with Crippen LogP contribution in [0.2, 0.25) is 0 Å². The summed E-state index contributed by atoms with van der Waals surface area (Å²) in [5.74, 6) is -0.368. The predicted molar refractivity (Wildman–Crippen MR) is 191 cm³/mol. The number of ether oxygens (including phenoxy) is 2. The van der Waals surface area contributed by atoms with Crippen molar-refractivity contribution in [3.8, 4) is 0 Å². The zero-order valence-electron chi connectivity index (χ0n) is 29.2. The van der Waals surface area contributed by atoms with Gasteiger partial charge in [0, 0.05) is 12.8 Å². The average molecular weight is 697 g/mol. The summed E-state index contributed by atoms with van der Waals surface area (Å²) in [6.45, 7) is 5.51. The highest BCUT2D eigenvalue weighted by Gasteiger charge is 2.22. The number of carbonyl (C=O) groups excluding carboxylic acids is 2. The van der Waals surface area contributed by atoms with Crippen LogP contribution in [0.3, 0.4) is 0 Å². The predicted octanol–water partition coefficient (Wildman–Crippen LogP) is 7.75. The molecule has 0 radical (unpaired) electrons. The lowest BCUT2D eigenvalue weighted by Gasteiger charge is -2.18. The van der Waals surface area contributed by atoms with Gasteiger partial charge in [-0.05, 0) is 44.4 Å². The van der Waals surface area contributed by atoms with E-state index in [1.165, 1.54) is 19.3 Å². The Morgan fingerprint density at radius 2 is 1.38 bits per heavy atom. The Morgan fingerprint density at radius 3 is 2.04 bits per heavy atom. The summed E-state index contributed by atoms with van der Waals surface area (Å²) in [5, 5.41) is 19.9. The number of carbonyl (C=O) groups is 2. The van der Waals surface area contributed by atoms with Crippen molar-refractivity contribution in [1.82, 2.24) is 0 Å². The highest BCUT2D eigenvalue weighted by atomic mass is 31.2. The molecule has 0 saturated heterocycles. The van der Waals surface area contributed by atoms with Gasteiger partial charge in [0.05, 0.1) is 18.8 Å². The van der Waals surface area contributed by atoms with Gasteiger partial charge >= 0.3 is 19.8 Å². The number of rotatable bonds is 29. The number of aliphatic hydroxyl groups excluding tert-OH is 2. The standard InChI is InChI=1S/C37H61O10P/c1-4-5-16-24-33(38)25-18-12-7-6-8-13-19-26-34(39)27-20-15-22-29-37(41)47-35(31-46-48(42,43)44)30-45-36(40)28-21-14-10-9-11-17-23-32(2)3/h5,7-8,12-13,16,18-20,25-27,32-35,38-39H,4,6,9-11,14-15,17,21-24,28-31H2,1-3H3,(H2,42,43,44)/b12-7-,13-8-,16-5-,25-18+,26-19+,27-20-/t33-,34-,35+/m0/s1. The van der Waals surface area contributed by atoms with Crippen molar-refractivity contribution in [2.75, 3.05) is 13.2 Å². The van der Waals surface area contributed by atoms with Crippen molar-refractivity contribution in [1.29, 1.82) is 0 Å². The average Bonchev–Trinajstić information content (AvgIpc) is 3.02. The van der Waals surface area contributed by atoms with Gasteiger partial charge in [0.2, 0.25) is 0 Å². The van der Waals surface area contributed by atoms with Crippen molar-refractivity contribution in [2.24, 2.45) is 5.92 Å². The minimum Gasteiger partial charge on any atom is -0.462 e. The van der Waals surface area contributed by atoms with E-state index in [2.05, 4.69) is 18.4 Å². The molecule has 3 atom stereocenters. The van der Waals surface area contributed by atoms with Crippen LogP contribution >= 0.6 is 7.82 Å². The Bertz CT molecular complexity index is 1050. The van der Waals surface area contributed by atoms with Crippen LogP contribution in [0.5, 0.6) is 0 Å². The third-order valence-electron chi connectivity index (χ3n) is 6.84. The molecule has 0 amide bonds. The van der Waals surface area contributed by atoms with Gasteiger partial charge in [-0.3, -0.25) is 14.1 Å². The van der Waals surface area contributed by atoms with Crippen LogP contribution in [0, 0.1) is 5.92 Å². The fourth-order valence-electron chi connectivity index (χ4n) is 4.24. The lowest BCUT2D eigenvalue weighted by Crippen LogP contribution is -2.29. The minimum atomic E-state index is -4.80. The zero-order valence-corrected chi connectivity index (χ0v) is 30.1. The van der Waals surface area contributed by atoms with Crippen LogP contribution in [0.4, 0.5) is 0 Å². The Hall–Kier alpha value is -2.59. The van der Waals surface area contributed by atoms with Crippen molar-refractivity contribution in [2.45, 2.75) is 129 Å². The number of esters is 2. The normalized spacial score (nSPS) is 14.8. The molecule has 0 aliphatic heterocycles. The first-order chi connectivity index (χ1) is 22.9. The Kier molecular flexibility index (Phi) is 28.8. The maximum absolute atomic E-state index is 12.3. The van der Waals surface area contributed by atoms with Gasteiger partial charge in [-0.15, -0.1) is 0 Å². The summed E-state index contributed by atoms with van der Waals surface area (Å²) in [6, 6.07) is 0. The third kappa shape index (κ3) is 33.3. The number of hydrogen-bond acceptors (Lipinski definition) is 8. The van der Waals surface area contributed by atoms with E-state index in [-0.39, 0.29) is 19.4 Å². The SMILES string of the molecule is CC/C=C\C[C@H](O)/C=C/C=C\C/C=C\C=C\[C@H](O)/C=C\CCCC(=O)O[C@H](COC(=O)CCCCCCCCC(C)C)COP(=O)(O)O. The summed E-state index contributed by atoms with van der Waals surface area (Å²) in [5.41, 5.74) is 0. The van der Waals surface area contributed by atoms with E-state index in [0.29, 0.717) is 38.0 Å². The Morgan fingerprint density at radius 1 is 0.729 bits per heavy atom. The summed E-state index contributed by atoms with van der Waals surface area (Å²) in [6.07, 6.45) is 30.2. The molecule has 0 unspecified atom stereocenters. The van der Waals surface area contributed by atoms with E-state index in [1.807, 2.05) is 49.5 Å². The Balaban J connectivity index is 4.33. The smallest absolute Gasteiger partial charge is 0.462 e. The summed E-state index contributed by atoms with van der Waals surface area (Å²) in [4.78, 5) is 42.5. The first-order valence-electron chi connectivity index (χ1n) is 17.3. The largest absolute Gasteiger partial charge is 0.469 e. The van der Waals surface area contributed by atoms with Gasteiger partial charge < -0.3 is 29.5 Å². The fourth-order valence-corrected chi connectivity index (χ4v) is 4.60. The molecule has 11 heteroatoms. The number of phosphoric acid groups is 1. The van der Waals surface area contributed by atoms with Crippen LogP contribution in [0.15, 0.2) is 72.9 Å². The van der Waals surface area contributed by atoms with E-state index in [4.69, 9.17) is 19.3 Å². The molecule has 0 aliphatic rings. The van der Waals surface area contributed by atoms with Crippen molar-refractivity contribution < 1.29 is 48.2 Å². The van der Waals surface area contributed by atoms with Crippen molar-refractivity contribution in [3.63, 3.8) is 0 Å². The molecule has 0 aromatic heterocycles. The highest BCUT2D eigenvalue weighted by molar-refractivity contribution is 7.46. The number of phosphoric ester groups is 1. The molecule has 0 spiro atoms. The molecule has 0 fully saturated rings. The zero-order chi connectivity index (χ0) is 35.9. The van der Waals surface area contributed by atoms with E-state index < -0.39 is 44.7 Å². The van der Waals surface area contributed by atoms with Gasteiger partial charge in [-0.1, -0.05) is 132 Å². The van der Waals surface area contributed by atoms with E-state index >= 15 is 0 Å². The number of hydrogen-bond donors (Lipinski definition) is 4. The number of allylic oxidation sites excluding steroid dienone is 8. The van der Waals surface area contributed by atoms with Gasteiger partial charge in [0.15, 0.2) is 6.10 Å². The quantitative estimate of drug-likeness (QED) is 0.0200. The van der Waals surface area contributed by atoms with Crippen LogP contribution in [0.1, 0.15) is 111 Å². The molecule has 0 aromatic rings. The molecule has 0 aromatic carbocycles. The minimum absolute atomic E-state index is 0.0219. The topological polar surface area (TPSA) is 160 Å². The second kappa shape index (κ2) is 30.5.